The van der Waals surface area contributed by atoms with Crippen LogP contribution in [0, 0.1) is 233 Å². The predicted molar refractivity (Wildman–Crippen MR) is 571 cm³/mol. The molecule has 0 saturated heterocycles. The van der Waals surface area contributed by atoms with Gasteiger partial charge in [-0.25, -0.2) is 6.57 Å². The first-order valence-electron chi connectivity index (χ1n) is 57.2. The molecular formula is C125H189BrN2O13S. The van der Waals surface area contributed by atoms with Gasteiger partial charge in [-0.15, -0.1) is 0 Å². The Morgan fingerprint density at radius 3 is 0.915 bits per heavy atom. The minimum atomic E-state index is -1.01. The molecule has 790 valence electrons. The van der Waals surface area contributed by atoms with Crippen molar-refractivity contribution in [2.24, 2.45) is 232 Å². The van der Waals surface area contributed by atoms with Crippen molar-refractivity contribution < 1.29 is 62.5 Å². The monoisotopic (exact) mass is 2040 g/mol. The first-order chi connectivity index (χ1) is 65.9. The van der Waals surface area contributed by atoms with Crippen LogP contribution in [0.25, 0.3) is 4.85 Å². The molecule has 0 aliphatic heterocycles. The number of thiol groups is 1. The summed E-state index contributed by atoms with van der Waals surface area (Å²) in [4.78, 5) is 114. The van der Waals surface area contributed by atoms with Gasteiger partial charge in [0, 0.05) is 40.2 Å². The first kappa shape index (κ1) is 109. The number of ketones is 4. The topological polar surface area (TPSA) is 210 Å². The summed E-state index contributed by atoms with van der Waals surface area (Å²) in [6, 6.07) is -0.382. The molecule has 16 saturated carbocycles. The fraction of sp³-hybridized carbons (Fsp3) is 0.856. The fourth-order valence-corrected chi connectivity index (χ4v) is 44.7. The summed E-state index contributed by atoms with van der Waals surface area (Å²) in [5.74, 6) is 7.27. The maximum atomic E-state index is 14.4. The SMILES string of the molecule is COC(=O)[C@@]1(C)/C(=N\O)CC[C@@]2(C)C1CC[C@]1(C)C2C(=O)C=C2C3[C@@H](C)[C@H](C)CC[C@]3(C)CC[C@]21C.COC(=O)[C@]1(C)C2CC[C@]3(C)C(C(=O)C=C4C5[C@@H](C)[C@H](C)CC[C@]5(C)CC[C@]43C)[C@@]2(C)CC[C@@H]1Br.COC(=O)[C@]1(C)C2CC[C@]3(C)C(C(=O)C=C4C5[C@@H](C)[C@H](C)CC[C@]5(C)CC[C@]43C)[C@@]2(C)CC[C@H]1S.[C-]#[N+][C@@H]1CC[C@@]2(C)C(CC[C@]3(C)C2C(=O)C=C2C4[C@@H](C)[C@H](C)CC[C@]4(C)CC[C@]23C)[C@@]1(C)C(=O)OC. The van der Waals surface area contributed by atoms with Gasteiger partial charge in [0.15, 0.2) is 23.1 Å². The average Bonchev–Trinajstić information content (AvgIpc) is 0.678. The number of halogens is 1. The van der Waals surface area contributed by atoms with Crippen LogP contribution >= 0.6 is 28.6 Å². The van der Waals surface area contributed by atoms with E-state index in [1.165, 1.54) is 141 Å². The van der Waals surface area contributed by atoms with Crippen LogP contribution in [0.5, 0.6) is 0 Å². The van der Waals surface area contributed by atoms with Crippen molar-refractivity contribution in [2.45, 2.75) is 415 Å². The molecule has 142 heavy (non-hydrogen) atoms. The van der Waals surface area contributed by atoms with Gasteiger partial charge >= 0.3 is 23.9 Å². The molecule has 0 spiro atoms. The van der Waals surface area contributed by atoms with Gasteiger partial charge in [-0.2, -0.15) is 12.6 Å². The minimum absolute atomic E-state index is 0.00658. The third kappa shape index (κ3) is 14.2. The van der Waals surface area contributed by atoms with Gasteiger partial charge in [-0.05, 0) is 432 Å². The Hall–Kier alpha value is -4.69. The zero-order chi connectivity index (χ0) is 104. The number of nitrogens with zero attached hydrogens (tertiary/aromatic N) is 2. The minimum Gasteiger partial charge on any atom is -0.469 e. The van der Waals surface area contributed by atoms with Crippen molar-refractivity contribution in [1.29, 1.82) is 0 Å². The summed E-state index contributed by atoms with van der Waals surface area (Å²) in [5, 5.41) is 13.4. The lowest BCUT2D eigenvalue weighted by atomic mass is 9.33. The normalized spacial score (nSPS) is 54.7. The van der Waals surface area contributed by atoms with E-state index in [2.05, 4.69) is 230 Å². The summed E-state index contributed by atoms with van der Waals surface area (Å²) >= 11 is 8.80. The Bertz CT molecular complexity index is 5180. The van der Waals surface area contributed by atoms with E-state index in [0.717, 1.165) is 103 Å². The largest absolute Gasteiger partial charge is 0.469 e. The molecule has 0 bridgehead atoms. The summed E-state index contributed by atoms with van der Waals surface area (Å²) in [5.41, 5.74) is 2.92. The van der Waals surface area contributed by atoms with Crippen LogP contribution < -0.4 is 0 Å². The van der Waals surface area contributed by atoms with E-state index in [4.69, 9.17) is 38.1 Å². The second-order valence-electron chi connectivity index (χ2n) is 58.5. The molecule has 12 unspecified atom stereocenters. The summed E-state index contributed by atoms with van der Waals surface area (Å²) in [6.07, 6.45) is 42.4. The second kappa shape index (κ2) is 35.5. The third-order valence-electron chi connectivity index (χ3n) is 53.6. The number of oxime groups is 1. The highest BCUT2D eigenvalue weighted by molar-refractivity contribution is 9.09. The van der Waals surface area contributed by atoms with E-state index in [9.17, 15) is 43.6 Å². The van der Waals surface area contributed by atoms with Crippen LogP contribution in [-0.2, 0) is 57.3 Å². The van der Waals surface area contributed by atoms with Crippen molar-refractivity contribution in [1.82, 2.24) is 0 Å². The zero-order valence-electron chi connectivity index (χ0n) is 94.3. The first-order valence-corrected chi connectivity index (χ1v) is 58.6. The van der Waals surface area contributed by atoms with E-state index in [1.807, 2.05) is 13.8 Å². The third-order valence-corrected chi connectivity index (χ3v) is 55.8. The van der Waals surface area contributed by atoms with E-state index >= 15 is 0 Å². The number of fused-ring (bicyclic) bond motifs is 28. The molecule has 16 fully saturated rings. The Morgan fingerprint density at radius 2 is 0.613 bits per heavy atom. The molecule has 0 aromatic rings. The number of alkyl halides is 1. The molecule has 0 aromatic heterocycles. The molecule has 20 aliphatic rings. The Labute approximate surface area is 871 Å². The van der Waals surface area contributed by atoms with Gasteiger partial charge < -0.3 is 29.0 Å². The molecule has 1 N–H and O–H groups in total. The van der Waals surface area contributed by atoms with Gasteiger partial charge in [-0.3, -0.25) is 38.4 Å². The quantitative estimate of drug-likeness (QED) is 0.0511. The molecule has 0 aromatic carbocycles. The van der Waals surface area contributed by atoms with E-state index in [0.29, 0.717) is 123 Å². The Kier molecular flexibility index (Phi) is 27.1. The zero-order valence-corrected chi connectivity index (χ0v) is 96.8. The van der Waals surface area contributed by atoms with Crippen LogP contribution in [0.2, 0.25) is 0 Å². The summed E-state index contributed by atoms with van der Waals surface area (Å²) in [7, 11) is 5.87. The molecule has 17 heteroatoms. The lowest BCUT2D eigenvalue weighted by Gasteiger charge is -2.70. The molecule has 0 radical (unpaired) electrons. The number of methoxy groups -OCH3 is 4. The molecule has 20 rings (SSSR count). The van der Waals surface area contributed by atoms with Crippen molar-refractivity contribution >= 4 is 81.3 Å². The van der Waals surface area contributed by atoms with E-state index < -0.39 is 21.7 Å². The van der Waals surface area contributed by atoms with Crippen LogP contribution in [0.4, 0.5) is 0 Å². The van der Waals surface area contributed by atoms with Crippen LogP contribution in [-0.4, -0.2) is 102 Å². The summed E-state index contributed by atoms with van der Waals surface area (Å²) < 4.78 is 21.3. The van der Waals surface area contributed by atoms with Gasteiger partial charge in [0.25, 0.3) is 0 Å². The van der Waals surface area contributed by atoms with Crippen molar-refractivity contribution in [2.75, 3.05) is 28.4 Å². The molecule has 20 aliphatic carbocycles. The average molecular weight is 2040 g/mol. The van der Waals surface area contributed by atoms with Crippen LogP contribution in [0.3, 0.4) is 0 Å². The van der Waals surface area contributed by atoms with Crippen molar-refractivity contribution in [3.8, 4) is 0 Å². The Balaban J connectivity index is 0.000000130. The lowest BCUT2D eigenvalue weighted by molar-refractivity contribution is -0.199. The number of ether oxygens (including phenoxy) is 4. The second-order valence-corrected chi connectivity index (χ2v) is 60.2. The van der Waals surface area contributed by atoms with Crippen molar-refractivity contribution in [3.63, 3.8) is 0 Å². The predicted octanol–water partition coefficient (Wildman–Crippen LogP) is 29.2. The summed E-state index contributed by atoms with van der Waals surface area (Å²) in [6.45, 7) is 74.2. The number of carbonyl (C=O) groups excluding carboxylic acids is 8. The Morgan fingerprint density at radius 1 is 0.345 bits per heavy atom. The van der Waals surface area contributed by atoms with Gasteiger partial charge in [0.2, 0.25) is 6.04 Å². The molecular weight excluding hydrogens is 1850 g/mol. The van der Waals surface area contributed by atoms with Crippen molar-refractivity contribution in [3.05, 3.63) is 58.0 Å². The van der Waals surface area contributed by atoms with Crippen LogP contribution in [0.1, 0.15) is 399 Å². The standard InChI is InChI=1S/C32H47NO3.C31H47BrO3.C31H47NO4.C31H48O3S/c1-19-10-13-28(3)16-17-30(5)21(25(28)20(19)2)18-22(34)26-29(4)14-12-24(33-8)32(7,27(35)36-9)23(29)11-15-31(26,30)6;1-18-9-12-27(3)15-16-29(5)20(24(27)19(18)2)17-21(33)25-28(4)13-11-23(32)31(7,26(34)35-8)22(28)10-14-30(25,29)6;1-18-9-12-27(3)15-16-29(5)20(24(27)19(18)2)17-21(33)25-28(4)13-11-23(32-35)31(7,26(34)36-8)22(28)10-14-30(25,29)6;1-18-9-12-27(3)15-16-29(5)20(24(27)19(18)2)17-21(32)25-28(4)13-11-23(35)31(7,26(33)34-8)22(28)10-14-30(25,29)6/h18-20,23-26H,10-17H2,1-7,9H3;17-19,22-25H,9-16H2,1-8H3;17-19,22,24-25,35H,9-16H2,1-8H3;17-19,22-25,35H,9-16H2,1-8H3/b;;32-23-;/t19-,20+,23?,24-,25?,26?,28-,29+,30-,31-,32-;18-,19+,22?,23+,24?,25?,27-,28+,29-,30-,31-;18-,19+,22?,24?,25?,27-,28+,29-,30-,31-;18-,19+,22?,23-,24?,25?,27-,28+,29-,30-,31-/m1111/s1. The number of rotatable bonds is 4. The van der Waals surface area contributed by atoms with Gasteiger partial charge in [-0.1, -0.05) is 210 Å². The van der Waals surface area contributed by atoms with E-state index in [-0.39, 0.29) is 164 Å². The number of carbonyl (C=O) groups is 8. The molecule has 0 amide bonds. The number of hydrogen-bond donors (Lipinski definition) is 2. The molecule has 15 nitrogen and oxygen atoms in total. The number of allylic oxidation sites excluding steroid dienone is 8. The van der Waals surface area contributed by atoms with E-state index in [1.54, 1.807) is 0 Å². The fourth-order valence-electron chi connectivity index (χ4n) is 43.6. The maximum Gasteiger partial charge on any atom is 0.319 e. The molecule has 43 atom stereocenters. The highest BCUT2D eigenvalue weighted by atomic mass is 79.9. The number of hydrogen-bond acceptors (Lipinski definition) is 15. The lowest BCUT2D eigenvalue weighted by Crippen LogP contribution is -2.68. The van der Waals surface area contributed by atoms with Crippen LogP contribution in [0.15, 0.2) is 51.8 Å². The molecule has 0 heterocycles. The van der Waals surface area contributed by atoms with Gasteiger partial charge in [0.1, 0.15) is 10.8 Å². The smallest absolute Gasteiger partial charge is 0.319 e. The highest BCUT2D eigenvalue weighted by Gasteiger charge is 2.79. The number of esters is 4. The maximum absolute atomic E-state index is 14.4. The highest BCUT2D eigenvalue weighted by Crippen LogP contribution is 2.83. The van der Waals surface area contributed by atoms with Gasteiger partial charge in [0.05, 0.1) is 45.0 Å².